The third kappa shape index (κ3) is 7.02. The van der Waals surface area contributed by atoms with Crippen molar-refractivity contribution in [2.75, 3.05) is 6.54 Å². The molecule has 6 nitrogen and oxygen atoms in total. The second-order valence-corrected chi connectivity index (χ2v) is 13.4. The summed E-state index contributed by atoms with van der Waals surface area (Å²) >= 11 is 6.18. The summed E-state index contributed by atoms with van der Waals surface area (Å²) in [5, 5.41) is 3.23. The van der Waals surface area contributed by atoms with Gasteiger partial charge in [-0.15, -0.1) is 0 Å². The highest BCUT2D eigenvalue weighted by atomic mass is 35.5. The molecule has 0 aromatic heterocycles. The highest BCUT2D eigenvalue weighted by molar-refractivity contribution is 7.90. The lowest BCUT2D eigenvalue weighted by Crippen LogP contribution is -2.46. The van der Waals surface area contributed by atoms with Crippen molar-refractivity contribution < 1.29 is 17.9 Å². The Balaban J connectivity index is 1.91. The monoisotopic (exact) mass is 534 g/mol. The number of benzene rings is 2. The van der Waals surface area contributed by atoms with Crippen molar-refractivity contribution in [3.05, 3.63) is 70.2 Å². The molecule has 0 aliphatic heterocycles. The first-order valence-corrected chi connectivity index (χ1v) is 14.6. The van der Waals surface area contributed by atoms with Crippen LogP contribution in [0.4, 0.5) is 4.79 Å². The normalized spacial score (nSPS) is 17.1. The molecule has 3 rings (SSSR count). The van der Waals surface area contributed by atoms with Gasteiger partial charge in [0.15, 0.2) is 0 Å². The third-order valence-corrected chi connectivity index (χ3v) is 9.31. The lowest BCUT2D eigenvalue weighted by Gasteiger charge is -2.49. The van der Waals surface area contributed by atoms with Crippen LogP contribution in [0.3, 0.4) is 0 Å². The SMILES string of the molecule is CCC(C)S(=O)(=O)NCc1cccc(C(CNC(=O)OC(C)(C)C)C2(c3ccc(Cl)cc3)CCC2)c1. The van der Waals surface area contributed by atoms with Gasteiger partial charge in [0.05, 0.1) is 5.25 Å². The summed E-state index contributed by atoms with van der Waals surface area (Å²) in [6.45, 7) is 9.73. The molecule has 0 saturated heterocycles. The van der Waals surface area contributed by atoms with E-state index >= 15 is 0 Å². The molecule has 0 radical (unpaired) electrons. The van der Waals surface area contributed by atoms with Gasteiger partial charge in [-0.05, 0) is 75.8 Å². The van der Waals surface area contributed by atoms with E-state index in [1.165, 1.54) is 5.56 Å². The van der Waals surface area contributed by atoms with Crippen LogP contribution in [0, 0.1) is 0 Å². The molecule has 2 atom stereocenters. The Morgan fingerprint density at radius 3 is 2.36 bits per heavy atom. The molecule has 0 heterocycles. The molecule has 198 valence electrons. The summed E-state index contributed by atoms with van der Waals surface area (Å²) in [5.74, 6) is -0.0222. The predicted octanol–water partition coefficient (Wildman–Crippen LogP) is 6.29. The average Bonchev–Trinajstić information content (AvgIpc) is 2.78. The number of rotatable bonds is 10. The van der Waals surface area contributed by atoms with Crippen molar-refractivity contribution >= 4 is 27.7 Å². The zero-order chi connectivity index (χ0) is 26.6. The third-order valence-electron chi connectivity index (χ3n) is 7.12. The van der Waals surface area contributed by atoms with Gasteiger partial charge in [0.1, 0.15) is 5.60 Å². The van der Waals surface area contributed by atoms with Crippen LogP contribution in [-0.2, 0) is 26.7 Å². The minimum atomic E-state index is -3.39. The van der Waals surface area contributed by atoms with Crippen molar-refractivity contribution in [1.29, 1.82) is 0 Å². The van der Waals surface area contributed by atoms with Gasteiger partial charge in [-0.1, -0.05) is 61.3 Å². The highest BCUT2D eigenvalue weighted by Crippen LogP contribution is 2.53. The largest absolute Gasteiger partial charge is 0.444 e. The van der Waals surface area contributed by atoms with Crippen LogP contribution in [0.5, 0.6) is 0 Å². The molecule has 0 bridgehead atoms. The lowest BCUT2D eigenvalue weighted by molar-refractivity contribution is 0.0511. The summed E-state index contributed by atoms with van der Waals surface area (Å²) < 4.78 is 33.2. The molecule has 1 aliphatic rings. The maximum absolute atomic E-state index is 12.6. The molecule has 2 unspecified atom stereocenters. The van der Waals surface area contributed by atoms with E-state index in [0.717, 1.165) is 30.4 Å². The Morgan fingerprint density at radius 2 is 1.81 bits per heavy atom. The minimum absolute atomic E-state index is 0.0222. The molecular weight excluding hydrogens is 496 g/mol. The Bertz CT molecular complexity index is 1140. The van der Waals surface area contributed by atoms with Gasteiger partial charge >= 0.3 is 6.09 Å². The molecule has 0 spiro atoms. The van der Waals surface area contributed by atoms with Crippen molar-refractivity contribution in [3.63, 3.8) is 0 Å². The van der Waals surface area contributed by atoms with Crippen molar-refractivity contribution in [2.24, 2.45) is 0 Å². The molecule has 1 amide bonds. The summed E-state index contributed by atoms with van der Waals surface area (Å²) in [6, 6.07) is 16.0. The number of hydrogen-bond acceptors (Lipinski definition) is 4. The van der Waals surface area contributed by atoms with Crippen LogP contribution < -0.4 is 10.0 Å². The molecule has 8 heteroatoms. The molecule has 1 fully saturated rings. The minimum Gasteiger partial charge on any atom is -0.444 e. The Morgan fingerprint density at radius 1 is 1.14 bits per heavy atom. The summed E-state index contributed by atoms with van der Waals surface area (Å²) in [4.78, 5) is 12.6. The van der Waals surface area contributed by atoms with Crippen LogP contribution in [0.2, 0.25) is 5.02 Å². The molecule has 2 N–H and O–H groups in total. The molecule has 1 saturated carbocycles. The van der Waals surface area contributed by atoms with Crippen molar-refractivity contribution in [2.45, 2.75) is 89.0 Å². The van der Waals surface area contributed by atoms with E-state index in [2.05, 4.69) is 34.3 Å². The molecule has 2 aromatic carbocycles. The number of carbonyl (C=O) groups is 1. The van der Waals surface area contributed by atoms with Crippen LogP contribution >= 0.6 is 11.6 Å². The number of alkyl carbamates (subject to hydrolysis) is 1. The molecule has 36 heavy (non-hydrogen) atoms. The molecule has 2 aromatic rings. The zero-order valence-corrected chi connectivity index (χ0v) is 23.5. The number of ether oxygens (including phenoxy) is 1. The Hall–Kier alpha value is -2.09. The Kier molecular flexibility index (Phi) is 9.12. The second kappa shape index (κ2) is 11.5. The first-order chi connectivity index (χ1) is 16.9. The van der Waals surface area contributed by atoms with Crippen LogP contribution in [0.15, 0.2) is 48.5 Å². The fourth-order valence-electron chi connectivity index (χ4n) is 4.78. The number of amides is 1. The lowest BCUT2D eigenvalue weighted by atomic mass is 9.56. The number of halogens is 1. The van der Waals surface area contributed by atoms with E-state index in [1.54, 1.807) is 6.92 Å². The van der Waals surface area contributed by atoms with Crippen molar-refractivity contribution in [1.82, 2.24) is 10.0 Å². The van der Waals surface area contributed by atoms with E-state index in [4.69, 9.17) is 16.3 Å². The van der Waals surface area contributed by atoms with Gasteiger partial charge in [-0.25, -0.2) is 17.9 Å². The van der Waals surface area contributed by atoms with Gasteiger partial charge in [0.2, 0.25) is 10.0 Å². The van der Waals surface area contributed by atoms with Gasteiger partial charge in [0, 0.05) is 29.4 Å². The quantitative estimate of drug-likeness (QED) is 0.375. The Labute approximate surface area is 221 Å². The maximum Gasteiger partial charge on any atom is 0.407 e. The first-order valence-electron chi connectivity index (χ1n) is 12.7. The van der Waals surface area contributed by atoms with Gasteiger partial charge in [0.25, 0.3) is 0 Å². The topological polar surface area (TPSA) is 84.5 Å². The van der Waals surface area contributed by atoms with Crippen LogP contribution in [0.1, 0.15) is 82.9 Å². The smallest absolute Gasteiger partial charge is 0.407 e. The van der Waals surface area contributed by atoms with E-state index in [-0.39, 0.29) is 17.9 Å². The van der Waals surface area contributed by atoms with Crippen LogP contribution in [0.25, 0.3) is 0 Å². The summed E-state index contributed by atoms with van der Waals surface area (Å²) in [6.07, 6.45) is 3.17. The predicted molar refractivity (Wildman–Crippen MR) is 146 cm³/mol. The fourth-order valence-corrected chi connectivity index (χ4v) is 5.99. The van der Waals surface area contributed by atoms with E-state index in [1.807, 2.05) is 52.0 Å². The molecular formula is C28H39ClN2O4S. The number of sulfonamides is 1. The number of hydrogen-bond donors (Lipinski definition) is 2. The van der Waals surface area contributed by atoms with E-state index < -0.39 is 27.0 Å². The number of nitrogens with one attached hydrogen (secondary N) is 2. The summed E-state index contributed by atoms with van der Waals surface area (Å²) in [5.41, 5.74) is 2.38. The van der Waals surface area contributed by atoms with Gasteiger partial charge in [-0.2, -0.15) is 0 Å². The second-order valence-electron chi connectivity index (χ2n) is 10.8. The molecule has 1 aliphatic carbocycles. The first kappa shape index (κ1) is 28.5. The summed E-state index contributed by atoms with van der Waals surface area (Å²) in [7, 11) is -3.39. The van der Waals surface area contributed by atoms with Gasteiger partial charge < -0.3 is 10.1 Å². The average molecular weight is 535 g/mol. The van der Waals surface area contributed by atoms with Gasteiger partial charge in [-0.3, -0.25) is 0 Å². The number of carbonyl (C=O) groups excluding carboxylic acids is 1. The standard InChI is InChI=1S/C28H39ClN2O4S/c1-6-20(2)36(33,34)31-18-21-9-7-10-22(17-21)25(19-30-26(32)35-27(3,4)5)28(15-8-16-28)23-11-13-24(29)14-12-23/h7,9-14,17,20,25,31H,6,8,15-16,18-19H2,1-5H3,(H,30,32). The maximum atomic E-state index is 12.6. The van der Waals surface area contributed by atoms with Crippen molar-refractivity contribution in [3.8, 4) is 0 Å². The fraction of sp³-hybridized carbons (Fsp3) is 0.536. The van der Waals surface area contributed by atoms with Crippen LogP contribution in [-0.4, -0.2) is 31.9 Å². The van der Waals surface area contributed by atoms with E-state index in [9.17, 15) is 13.2 Å². The zero-order valence-electron chi connectivity index (χ0n) is 21.9. The van der Waals surface area contributed by atoms with E-state index in [0.29, 0.717) is 18.0 Å². The highest BCUT2D eigenvalue weighted by Gasteiger charge is 2.46.